The van der Waals surface area contributed by atoms with E-state index in [-0.39, 0.29) is 24.3 Å². The number of ether oxygens (including phenoxy) is 1. The molecule has 3 N–H and O–H groups in total. The number of hydrogen-bond acceptors (Lipinski definition) is 5. The van der Waals surface area contributed by atoms with Crippen molar-refractivity contribution < 1.29 is 19.1 Å². The zero-order valence-corrected chi connectivity index (χ0v) is 20.4. The number of benzene rings is 2. The molecule has 0 radical (unpaired) electrons. The largest absolute Gasteiger partial charge is 0.385 e. The highest BCUT2D eigenvalue weighted by atomic mass is 16.5. The summed E-state index contributed by atoms with van der Waals surface area (Å²) < 4.78 is 4.96. The van der Waals surface area contributed by atoms with Crippen molar-refractivity contribution in [2.24, 2.45) is 0 Å². The van der Waals surface area contributed by atoms with Crippen LogP contribution in [0.5, 0.6) is 0 Å². The number of carbonyl (C=O) groups excluding carboxylic acids is 3. The summed E-state index contributed by atoms with van der Waals surface area (Å²) in [4.78, 5) is 39.2. The Labute approximate surface area is 202 Å². The Morgan fingerprint density at radius 3 is 2.26 bits per heavy atom. The molecule has 0 bridgehead atoms. The molecule has 0 aliphatic heterocycles. The summed E-state index contributed by atoms with van der Waals surface area (Å²) in [6.07, 6.45) is 2.55. The molecule has 0 atom stereocenters. The van der Waals surface area contributed by atoms with Crippen LogP contribution in [0.3, 0.4) is 0 Å². The lowest BCUT2D eigenvalue weighted by Crippen LogP contribution is -2.32. The van der Waals surface area contributed by atoms with E-state index in [2.05, 4.69) is 16.0 Å². The van der Waals surface area contributed by atoms with Crippen LogP contribution in [0.4, 0.5) is 11.4 Å². The second-order valence-electron chi connectivity index (χ2n) is 7.95. The topological polar surface area (TPSA) is 99.8 Å². The van der Waals surface area contributed by atoms with Crippen LogP contribution in [0, 0.1) is 0 Å². The Kier molecular flexibility index (Phi) is 11.6. The van der Waals surface area contributed by atoms with Crippen LogP contribution in [0.15, 0.2) is 48.5 Å². The first kappa shape index (κ1) is 26.9. The van der Waals surface area contributed by atoms with Crippen LogP contribution in [0.25, 0.3) is 0 Å². The number of anilines is 2. The maximum atomic E-state index is 12.8. The lowest BCUT2D eigenvalue weighted by Gasteiger charge is -2.21. The van der Waals surface area contributed by atoms with Crippen LogP contribution < -0.4 is 16.0 Å². The van der Waals surface area contributed by atoms with E-state index in [1.807, 2.05) is 18.7 Å². The molecule has 0 aromatic heterocycles. The molecule has 2 rings (SSSR count). The highest BCUT2D eigenvalue weighted by Crippen LogP contribution is 2.14. The Morgan fingerprint density at radius 1 is 0.912 bits per heavy atom. The summed E-state index contributed by atoms with van der Waals surface area (Å²) in [5.74, 6) is -0.407. The van der Waals surface area contributed by atoms with Crippen molar-refractivity contribution in [2.75, 3.05) is 50.5 Å². The van der Waals surface area contributed by atoms with Crippen LogP contribution in [-0.2, 0) is 9.53 Å². The van der Waals surface area contributed by atoms with E-state index >= 15 is 0 Å². The maximum Gasteiger partial charge on any atom is 0.253 e. The minimum atomic E-state index is -0.233. The number of rotatable bonds is 14. The van der Waals surface area contributed by atoms with Crippen LogP contribution in [-0.4, -0.2) is 62.5 Å². The van der Waals surface area contributed by atoms with Crippen LogP contribution in [0.1, 0.15) is 53.8 Å². The fraction of sp³-hybridized carbons (Fsp3) is 0.423. The molecule has 0 aliphatic carbocycles. The minimum absolute atomic E-state index is 0.0271. The van der Waals surface area contributed by atoms with E-state index in [1.165, 1.54) is 0 Å². The van der Waals surface area contributed by atoms with Gasteiger partial charge in [0.05, 0.1) is 6.54 Å². The predicted molar refractivity (Wildman–Crippen MR) is 135 cm³/mol. The average Bonchev–Trinajstić information content (AvgIpc) is 2.85. The smallest absolute Gasteiger partial charge is 0.253 e. The van der Waals surface area contributed by atoms with Crippen molar-refractivity contribution in [3.05, 3.63) is 59.7 Å². The fourth-order valence-corrected chi connectivity index (χ4v) is 3.41. The Balaban J connectivity index is 1.86. The molecule has 0 fully saturated rings. The summed E-state index contributed by atoms with van der Waals surface area (Å²) >= 11 is 0. The zero-order valence-electron chi connectivity index (χ0n) is 20.4. The first-order chi connectivity index (χ1) is 16.5. The molecule has 8 nitrogen and oxygen atoms in total. The normalized spacial score (nSPS) is 10.4. The molecule has 8 heteroatoms. The maximum absolute atomic E-state index is 12.8. The average molecular weight is 469 g/mol. The number of methoxy groups -OCH3 is 1. The van der Waals surface area contributed by atoms with Gasteiger partial charge in [0.25, 0.3) is 11.8 Å². The molecule has 0 saturated carbocycles. The van der Waals surface area contributed by atoms with Gasteiger partial charge in [-0.2, -0.15) is 0 Å². The quantitative estimate of drug-likeness (QED) is 0.367. The fourth-order valence-electron chi connectivity index (χ4n) is 3.41. The lowest BCUT2D eigenvalue weighted by atomic mass is 10.1. The second-order valence-corrected chi connectivity index (χ2v) is 7.95. The summed E-state index contributed by atoms with van der Waals surface area (Å²) in [7, 11) is 1.63. The van der Waals surface area contributed by atoms with E-state index in [4.69, 9.17) is 4.74 Å². The number of hydrogen-bond donors (Lipinski definition) is 3. The number of nitrogens with zero attached hydrogens (tertiary/aromatic N) is 1. The Hall–Kier alpha value is -3.39. The van der Waals surface area contributed by atoms with Gasteiger partial charge in [-0.3, -0.25) is 14.4 Å². The highest BCUT2D eigenvalue weighted by Gasteiger charge is 2.15. The highest BCUT2D eigenvalue weighted by molar-refractivity contribution is 5.98. The first-order valence-corrected chi connectivity index (χ1v) is 11.8. The van der Waals surface area contributed by atoms with E-state index in [1.54, 1.807) is 55.6 Å². The molecule has 0 aliphatic rings. The van der Waals surface area contributed by atoms with Crippen molar-refractivity contribution in [2.45, 2.75) is 33.1 Å². The molecule has 0 heterocycles. The molecular weight excluding hydrogens is 432 g/mol. The van der Waals surface area contributed by atoms with Crippen molar-refractivity contribution in [1.29, 1.82) is 0 Å². The summed E-state index contributed by atoms with van der Waals surface area (Å²) in [5.41, 5.74) is 2.41. The zero-order chi connectivity index (χ0) is 24.8. The van der Waals surface area contributed by atoms with Gasteiger partial charge in [-0.1, -0.05) is 19.9 Å². The van der Waals surface area contributed by atoms with Gasteiger partial charge >= 0.3 is 0 Å². The van der Waals surface area contributed by atoms with E-state index in [0.717, 1.165) is 24.9 Å². The molecule has 2 aromatic rings. The van der Waals surface area contributed by atoms with Crippen LogP contribution in [0.2, 0.25) is 0 Å². The van der Waals surface area contributed by atoms with Crippen molar-refractivity contribution in [3.63, 3.8) is 0 Å². The van der Waals surface area contributed by atoms with Crippen LogP contribution >= 0.6 is 0 Å². The van der Waals surface area contributed by atoms with Crippen molar-refractivity contribution in [1.82, 2.24) is 10.2 Å². The number of amides is 3. The SMILES string of the molecule is CCCN(CCC)C(=O)c1cccc(NC(=O)CNc2ccc(C(=O)NCCCOC)cc2)c1. The summed E-state index contributed by atoms with van der Waals surface area (Å²) in [6.45, 7) is 6.72. The van der Waals surface area contributed by atoms with Crippen molar-refractivity contribution in [3.8, 4) is 0 Å². The van der Waals surface area contributed by atoms with Gasteiger partial charge in [0.1, 0.15) is 0 Å². The molecule has 34 heavy (non-hydrogen) atoms. The third-order valence-corrected chi connectivity index (χ3v) is 5.08. The molecule has 0 unspecified atom stereocenters. The van der Waals surface area contributed by atoms with Gasteiger partial charge in [-0.25, -0.2) is 0 Å². The molecule has 0 spiro atoms. The Morgan fingerprint density at radius 2 is 1.62 bits per heavy atom. The monoisotopic (exact) mass is 468 g/mol. The van der Waals surface area contributed by atoms with Crippen molar-refractivity contribution >= 4 is 29.1 Å². The lowest BCUT2D eigenvalue weighted by molar-refractivity contribution is -0.114. The van der Waals surface area contributed by atoms with Gasteiger partial charge in [-0.15, -0.1) is 0 Å². The first-order valence-electron chi connectivity index (χ1n) is 11.8. The second kappa shape index (κ2) is 14.7. The predicted octanol–water partition coefficient (Wildman–Crippen LogP) is 3.77. The summed E-state index contributed by atoms with van der Waals surface area (Å²) in [6, 6.07) is 13.9. The third kappa shape index (κ3) is 8.86. The van der Waals surface area contributed by atoms with Gasteiger partial charge in [0, 0.05) is 55.9 Å². The van der Waals surface area contributed by atoms with E-state index in [9.17, 15) is 14.4 Å². The summed E-state index contributed by atoms with van der Waals surface area (Å²) in [5, 5.41) is 8.70. The van der Waals surface area contributed by atoms with Gasteiger partial charge in [0.15, 0.2) is 0 Å². The standard InChI is InChI=1S/C26H36N4O4/c1-4-15-30(16-5-2)26(33)21-8-6-9-23(18-21)29-24(31)19-28-22-12-10-20(11-13-22)25(32)27-14-7-17-34-3/h6,8-13,18,28H,4-5,7,14-17,19H2,1-3H3,(H,27,32)(H,29,31). The number of nitrogens with one attached hydrogen (secondary N) is 3. The Bertz CT molecular complexity index is 925. The molecule has 184 valence electrons. The molecule has 2 aromatic carbocycles. The minimum Gasteiger partial charge on any atom is -0.385 e. The molecule has 3 amide bonds. The third-order valence-electron chi connectivity index (χ3n) is 5.08. The number of carbonyl (C=O) groups is 3. The molecular formula is C26H36N4O4. The molecule has 0 saturated heterocycles. The van der Waals surface area contributed by atoms with E-state index in [0.29, 0.717) is 43.1 Å². The van der Waals surface area contributed by atoms with Gasteiger partial charge in [-0.05, 0) is 61.7 Å². The van der Waals surface area contributed by atoms with Gasteiger partial charge < -0.3 is 25.6 Å². The van der Waals surface area contributed by atoms with E-state index < -0.39 is 0 Å². The van der Waals surface area contributed by atoms with Gasteiger partial charge in [0.2, 0.25) is 5.91 Å².